The van der Waals surface area contributed by atoms with Gasteiger partial charge in [-0.1, -0.05) is 46.3 Å². The Morgan fingerprint density at radius 3 is 2.58 bits per heavy atom. The predicted molar refractivity (Wildman–Crippen MR) is 143 cm³/mol. The van der Waals surface area contributed by atoms with Crippen molar-refractivity contribution in [1.82, 2.24) is 9.88 Å². The second kappa shape index (κ2) is 10.0. The van der Waals surface area contributed by atoms with Crippen LogP contribution in [0.5, 0.6) is 5.75 Å². The molecule has 4 aromatic rings. The van der Waals surface area contributed by atoms with E-state index in [4.69, 9.17) is 4.74 Å². The van der Waals surface area contributed by atoms with E-state index < -0.39 is 17.7 Å². The molecule has 1 saturated heterocycles. The molecule has 0 radical (unpaired) electrons. The number of rotatable bonds is 7. The number of hydrogen-bond acceptors (Lipinski definition) is 4. The van der Waals surface area contributed by atoms with Crippen molar-refractivity contribution in [2.45, 2.75) is 19.4 Å². The minimum Gasteiger partial charge on any atom is -0.507 e. The molecule has 6 nitrogen and oxygen atoms in total. The lowest BCUT2D eigenvalue weighted by Crippen LogP contribution is -2.31. The second-order valence-corrected chi connectivity index (χ2v) is 9.53. The van der Waals surface area contributed by atoms with E-state index in [0.29, 0.717) is 30.9 Å². The number of aliphatic hydroxyl groups excluding tert-OH is 1. The van der Waals surface area contributed by atoms with Crippen molar-refractivity contribution in [1.29, 1.82) is 0 Å². The van der Waals surface area contributed by atoms with Crippen molar-refractivity contribution < 1.29 is 19.4 Å². The predicted octanol–water partition coefficient (Wildman–Crippen LogP) is 5.99. The molecule has 7 heteroatoms. The Morgan fingerprint density at radius 2 is 1.83 bits per heavy atom. The SMILES string of the molecule is CCOc1ccc(C(O)=C2C(=O)C(=O)N(CCc3c[nH]c4ccccc34)[C@H]2c2cccc(Br)c2)cc1. The summed E-state index contributed by atoms with van der Waals surface area (Å²) in [4.78, 5) is 31.4. The number of benzene rings is 3. The lowest BCUT2D eigenvalue weighted by Gasteiger charge is -2.25. The number of para-hydroxylation sites is 1. The maximum Gasteiger partial charge on any atom is 0.295 e. The molecule has 2 heterocycles. The number of hydrogen-bond donors (Lipinski definition) is 2. The summed E-state index contributed by atoms with van der Waals surface area (Å²) in [6.45, 7) is 2.74. The second-order valence-electron chi connectivity index (χ2n) is 8.61. The fourth-order valence-corrected chi connectivity index (χ4v) is 5.16. The number of likely N-dealkylation sites (tertiary alicyclic amines) is 1. The molecule has 1 atom stereocenters. The minimum atomic E-state index is -0.709. The van der Waals surface area contributed by atoms with Crippen LogP contribution < -0.4 is 4.74 Å². The molecule has 1 aliphatic heterocycles. The van der Waals surface area contributed by atoms with Crippen molar-refractivity contribution in [2.75, 3.05) is 13.2 Å². The zero-order valence-corrected chi connectivity index (χ0v) is 21.3. The van der Waals surface area contributed by atoms with Gasteiger partial charge >= 0.3 is 0 Å². The first-order valence-corrected chi connectivity index (χ1v) is 12.6. The molecule has 3 aromatic carbocycles. The molecule has 0 unspecified atom stereocenters. The van der Waals surface area contributed by atoms with E-state index in [9.17, 15) is 14.7 Å². The number of H-pyrrole nitrogens is 1. The number of Topliss-reactive ketones (excluding diaryl/α,β-unsaturated/α-hetero) is 1. The highest BCUT2D eigenvalue weighted by Crippen LogP contribution is 2.40. The summed E-state index contributed by atoms with van der Waals surface area (Å²) in [7, 11) is 0. The Hall–Kier alpha value is -3.84. The molecule has 5 rings (SSSR count). The molecular weight excluding hydrogens is 520 g/mol. The van der Waals surface area contributed by atoms with Crippen LogP contribution >= 0.6 is 15.9 Å². The van der Waals surface area contributed by atoms with Crippen LogP contribution in [0.25, 0.3) is 16.7 Å². The summed E-state index contributed by atoms with van der Waals surface area (Å²) in [5.41, 5.74) is 3.37. The number of aromatic nitrogens is 1. The molecule has 0 spiro atoms. The van der Waals surface area contributed by atoms with Gasteiger partial charge in [-0.05, 0) is 66.9 Å². The van der Waals surface area contributed by atoms with Gasteiger partial charge < -0.3 is 19.7 Å². The smallest absolute Gasteiger partial charge is 0.295 e. The van der Waals surface area contributed by atoms with E-state index in [-0.39, 0.29) is 11.3 Å². The van der Waals surface area contributed by atoms with E-state index in [2.05, 4.69) is 20.9 Å². The third-order valence-corrected chi connectivity index (χ3v) is 6.93. The topological polar surface area (TPSA) is 82.6 Å². The molecule has 1 aliphatic rings. The number of nitrogens with zero attached hydrogens (tertiary/aromatic N) is 1. The van der Waals surface area contributed by atoms with Crippen LogP contribution in [-0.4, -0.2) is 39.8 Å². The first kappa shape index (κ1) is 23.9. The van der Waals surface area contributed by atoms with E-state index in [1.165, 1.54) is 0 Å². The average molecular weight is 545 g/mol. The quantitative estimate of drug-likeness (QED) is 0.170. The lowest BCUT2D eigenvalue weighted by molar-refractivity contribution is -0.139. The monoisotopic (exact) mass is 544 g/mol. The number of nitrogens with one attached hydrogen (secondary N) is 1. The normalized spacial score (nSPS) is 17.2. The third kappa shape index (κ3) is 4.42. The molecule has 1 amide bonds. The molecule has 2 N–H and O–H groups in total. The Labute approximate surface area is 217 Å². The number of fused-ring (bicyclic) bond motifs is 1. The Morgan fingerprint density at radius 1 is 1.06 bits per heavy atom. The average Bonchev–Trinajstić information content (AvgIpc) is 3.41. The van der Waals surface area contributed by atoms with E-state index >= 15 is 0 Å². The van der Waals surface area contributed by atoms with Crippen LogP contribution in [0.4, 0.5) is 0 Å². The van der Waals surface area contributed by atoms with Crippen LogP contribution in [0, 0.1) is 0 Å². The molecule has 0 aliphatic carbocycles. The lowest BCUT2D eigenvalue weighted by atomic mass is 9.95. The summed E-state index contributed by atoms with van der Waals surface area (Å²) in [6.07, 6.45) is 2.50. The number of aromatic amines is 1. The van der Waals surface area contributed by atoms with Crippen molar-refractivity contribution in [2.24, 2.45) is 0 Å². The van der Waals surface area contributed by atoms with E-state index in [1.807, 2.05) is 61.7 Å². The third-order valence-electron chi connectivity index (χ3n) is 6.44. The maximum absolute atomic E-state index is 13.3. The molecule has 36 heavy (non-hydrogen) atoms. The summed E-state index contributed by atoms with van der Waals surface area (Å²) < 4.78 is 6.31. The van der Waals surface area contributed by atoms with Gasteiger partial charge in [-0.15, -0.1) is 0 Å². The van der Waals surface area contributed by atoms with Gasteiger partial charge in [-0.2, -0.15) is 0 Å². The Kier molecular flexibility index (Phi) is 6.65. The highest BCUT2D eigenvalue weighted by atomic mass is 79.9. The molecular formula is C29H25BrN2O4. The van der Waals surface area contributed by atoms with Gasteiger partial charge in [0.15, 0.2) is 0 Å². The number of carbonyl (C=O) groups is 2. The van der Waals surface area contributed by atoms with Crippen molar-refractivity contribution in [3.05, 3.63) is 106 Å². The highest BCUT2D eigenvalue weighted by molar-refractivity contribution is 9.10. The summed E-state index contributed by atoms with van der Waals surface area (Å²) >= 11 is 3.50. The number of carbonyl (C=O) groups excluding carboxylic acids is 2. The van der Waals surface area contributed by atoms with Gasteiger partial charge in [-0.25, -0.2) is 0 Å². The molecule has 182 valence electrons. The molecule has 0 bridgehead atoms. The zero-order valence-electron chi connectivity index (χ0n) is 19.7. The van der Waals surface area contributed by atoms with Crippen LogP contribution in [0.2, 0.25) is 0 Å². The first-order valence-electron chi connectivity index (χ1n) is 11.8. The van der Waals surface area contributed by atoms with Gasteiger partial charge in [0, 0.05) is 33.7 Å². The van der Waals surface area contributed by atoms with Crippen molar-refractivity contribution >= 4 is 44.3 Å². The standard InChI is InChI=1S/C29H25BrN2O4/c1-2-36-22-12-10-18(11-13-22)27(33)25-26(19-6-5-7-21(30)16-19)32(29(35)28(25)34)15-14-20-17-31-24-9-4-3-8-23(20)24/h3-13,16-17,26,31,33H,2,14-15H2,1H3/t26-/m0/s1. The van der Waals surface area contributed by atoms with Gasteiger partial charge in [0.1, 0.15) is 11.5 Å². The number of aliphatic hydroxyl groups is 1. The number of ether oxygens (including phenoxy) is 1. The van der Waals surface area contributed by atoms with Crippen LogP contribution in [0.15, 0.2) is 89.0 Å². The molecule has 0 saturated carbocycles. The molecule has 1 aromatic heterocycles. The zero-order chi connectivity index (χ0) is 25.2. The number of halogens is 1. The fourth-order valence-electron chi connectivity index (χ4n) is 4.74. The van der Waals surface area contributed by atoms with Gasteiger partial charge in [0.2, 0.25) is 0 Å². The van der Waals surface area contributed by atoms with E-state index in [0.717, 1.165) is 26.5 Å². The summed E-state index contributed by atoms with van der Waals surface area (Å²) in [6, 6.07) is 21.6. The number of ketones is 1. The molecule has 1 fully saturated rings. The van der Waals surface area contributed by atoms with Crippen molar-refractivity contribution in [3.63, 3.8) is 0 Å². The van der Waals surface area contributed by atoms with Gasteiger partial charge in [-0.3, -0.25) is 9.59 Å². The summed E-state index contributed by atoms with van der Waals surface area (Å²) in [5.74, 6) is -0.842. The van der Waals surface area contributed by atoms with Gasteiger partial charge in [0.25, 0.3) is 11.7 Å². The number of amides is 1. The van der Waals surface area contributed by atoms with Crippen LogP contribution in [0.3, 0.4) is 0 Å². The van der Waals surface area contributed by atoms with Crippen LogP contribution in [0.1, 0.15) is 29.7 Å². The Bertz CT molecular complexity index is 1470. The largest absolute Gasteiger partial charge is 0.507 e. The first-order chi connectivity index (χ1) is 17.5. The van der Waals surface area contributed by atoms with Crippen LogP contribution in [-0.2, 0) is 16.0 Å². The highest BCUT2D eigenvalue weighted by Gasteiger charge is 2.45. The summed E-state index contributed by atoms with van der Waals surface area (Å²) in [5, 5.41) is 12.3. The van der Waals surface area contributed by atoms with Crippen molar-refractivity contribution in [3.8, 4) is 5.75 Å². The Balaban J connectivity index is 1.54. The fraction of sp³-hybridized carbons (Fsp3) is 0.172. The van der Waals surface area contributed by atoms with Gasteiger partial charge in [0.05, 0.1) is 18.2 Å². The minimum absolute atomic E-state index is 0.0844. The maximum atomic E-state index is 13.3. The van der Waals surface area contributed by atoms with E-state index in [1.54, 1.807) is 29.2 Å².